The molecule has 2 unspecified atom stereocenters. The van der Waals surface area contributed by atoms with Gasteiger partial charge < -0.3 is 4.74 Å². The van der Waals surface area contributed by atoms with Crippen LogP contribution in [0, 0.1) is 0 Å². The van der Waals surface area contributed by atoms with Gasteiger partial charge in [-0.2, -0.15) is 0 Å². The molecule has 0 aromatic heterocycles. The molecule has 1 aliphatic heterocycles. The van der Waals surface area contributed by atoms with E-state index in [0.717, 1.165) is 39.1 Å². The van der Waals surface area contributed by atoms with Crippen molar-refractivity contribution in [1.29, 1.82) is 0 Å². The van der Waals surface area contributed by atoms with E-state index in [4.69, 9.17) is 10.6 Å². The minimum absolute atomic E-state index is 0.145. The van der Waals surface area contributed by atoms with E-state index in [1.165, 1.54) is 19.3 Å². The summed E-state index contributed by atoms with van der Waals surface area (Å²) in [5.74, 6) is 5.82. The lowest BCUT2D eigenvalue weighted by molar-refractivity contribution is -0.0337. The summed E-state index contributed by atoms with van der Waals surface area (Å²) in [5.41, 5.74) is 3.21. The standard InChI is InChI=1S/C14H31N3O/c1-4-6-7-8-13(16-15)14(3,5-2)17-9-11-18-12-10-17/h13,16H,4-12,15H2,1-3H3. The van der Waals surface area contributed by atoms with E-state index in [1.54, 1.807) is 0 Å². The molecule has 108 valence electrons. The van der Waals surface area contributed by atoms with Gasteiger partial charge in [0.05, 0.1) is 13.2 Å². The molecule has 0 radical (unpaired) electrons. The first-order valence-electron chi connectivity index (χ1n) is 7.48. The third kappa shape index (κ3) is 3.92. The lowest BCUT2D eigenvalue weighted by Gasteiger charge is -2.47. The van der Waals surface area contributed by atoms with E-state index in [2.05, 4.69) is 31.1 Å². The molecule has 3 N–H and O–H groups in total. The second kappa shape index (κ2) is 8.10. The van der Waals surface area contributed by atoms with Crippen LogP contribution < -0.4 is 11.3 Å². The van der Waals surface area contributed by atoms with Crippen molar-refractivity contribution in [2.75, 3.05) is 26.3 Å². The van der Waals surface area contributed by atoms with Gasteiger partial charge >= 0.3 is 0 Å². The first kappa shape index (κ1) is 15.9. The summed E-state index contributed by atoms with van der Waals surface area (Å²) in [6.45, 7) is 10.6. The number of ether oxygens (including phenoxy) is 1. The molecule has 0 aromatic rings. The van der Waals surface area contributed by atoms with Crippen molar-refractivity contribution in [2.24, 2.45) is 5.84 Å². The van der Waals surface area contributed by atoms with Gasteiger partial charge in [-0.1, -0.05) is 33.1 Å². The molecule has 4 nitrogen and oxygen atoms in total. The molecule has 0 aliphatic carbocycles. The third-order valence-electron chi connectivity index (χ3n) is 4.50. The molecule has 2 atom stereocenters. The Balaban J connectivity index is 2.62. The zero-order valence-electron chi connectivity index (χ0n) is 12.4. The molecule has 1 aliphatic rings. The number of morpholine rings is 1. The Morgan fingerprint density at radius 3 is 2.44 bits per heavy atom. The number of nitrogens with two attached hydrogens (primary N) is 1. The van der Waals surface area contributed by atoms with E-state index < -0.39 is 0 Å². The Labute approximate surface area is 112 Å². The molecule has 0 aromatic carbocycles. The van der Waals surface area contributed by atoms with Gasteiger partial charge in [0.25, 0.3) is 0 Å². The van der Waals surface area contributed by atoms with Gasteiger partial charge in [0.15, 0.2) is 0 Å². The fourth-order valence-electron chi connectivity index (χ4n) is 2.94. The summed E-state index contributed by atoms with van der Waals surface area (Å²) in [7, 11) is 0. The molecule has 1 fully saturated rings. The van der Waals surface area contributed by atoms with Gasteiger partial charge in [-0.25, -0.2) is 0 Å². The molecular formula is C14H31N3O. The second-order valence-corrected chi connectivity index (χ2v) is 5.53. The van der Waals surface area contributed by atoms with Crippen molar-refractivity contribution < 1.29 is 4.74 Å². The van der Waals surface area contributed by atoms with Gasteiger partial charge in [0, 0.05) is 24.7 Å². The van der Waals surface area contributed by atoms with Crippen molar-refractivity contribution in [2.45, 2.75) is 64.5 Å². The average Bonchev–Trinajstić information content (AvgIpc) is 2.44. The lowest BCUT2D eigenvalue weighted by Crippen LogP contribution is -2.63. The first-order chi connectivity index (χ1) is 8.69. The molecule has 0 amide bonds. The van der Waals surface area contributed by atoms with E-state index in [-0.39, 0.29) is 5.54 Å². The zero-order chi connectivity index (χ0) is 13.4. The van der Waals surface area contributed by atoms with Crippen LogP contribution in [-0.4, -0.2) is 42.8 Å². The molecule has 4 heteroatoms. The fraction of sp³-hybridized carbons (Fsp3) is 1.00. The van der Waals surface area contributed by atoms with E-state index in [9.17, 15) is 0 Å². The summed E-state index contributed by atoms with van der Waals surface area (Å²) >= 11 is 0. The van der Waals surface area contributed by atoms with Gasteiger partial charge in [-0.3, -0.25) is 16.2 Å². The molecule has 1 heterocycles. The van der Waals surface area contributed by atoms with Crippen LogP contribution in [0.3, 0.4) is 0 Å². The van der Waals surface area contributed by atoms with Crippen LogP contribution in [0.2, 0.25) is 0 Å². The maximum absolute atomic E-state index is 5.82. The summed E-state index contributed by atoms with van der Waals surface area (Å²) in [6, 6.07) is 0.368. The van der Waals surface area contributed by atoms with Crippen LogP contribution in [0.4, 0.5) is 0 Å². The molecule has 1 rings (SSSR count). The topological polar surface area (TPSA) is 50.5 Å². The Morgan fingerprint density at radius 1 is 1.28 bits per heavy atom. The summed E-state index contributed by atoms with van der Waals surface area (Å²) in [5, 5.41) is 0. The van der Waals surface area contributed by atoms with Crippen LogP contribution >= 0.6 is 0 Å². The Morgan fingerprint density at radius 2 is 1.94 bits per heavy atom. The lowest BCUT2D eigenvalue weighted by atomic mass is 9.84. The summed E-state index contributed by atoms with van der Waals surface area (Å²) < 4.78 is 5.46. The minimum atomic E-state index is 0.145. The van der Waals surface area contributed by atoms with E-state index >= 15 is 0 Å². The number of unbranched alkanes of at least 4 members (excludes halogenated alkanes) is 2. The van der Waals surface area contributed by atoms with Crippen molar-refractivity contribution >= 4 is 0 Å². The van der Waals surface area contributed by atoms with Crippen LogP contribution in [0.25, 0.3) is 0 Å². The maximum Gasteiger partial charge on any atom is 0.0594 e. The third-order valence-corrected chi connectivity index (χ3v) is 4.50. The highest BCUT2D eigenvalue weighted by Crippen LogP contribution is 2.27. The second-order valence-electron chi connectivity index (χ2n) is 5.53. The fourth-order valence-corrected chi connectivity index (χ4v) is 2.94. The van der Waals surface area contributed by atoms with Crippen LogP contribution in [0.5, 0.6) is 0 Å². The highest BCUT2D eigenvalue weighted by molar-refractivity contribution is 4.96. The smallest absolute Gasteiger partial charge is 0.0594 e. The highest BCUT2D eigenvalue weighted by Gasteiger charge is 2.37. The molecule has 1 saturated heterocycles. The quantitative estimate of drug-likeness (QED) is 0.396. The van der Waals surface area contributed by atoms with Crippen LogP contribution in [-0.2, 0) is 4.74 Å². The largest absolute Gasteiger partial charge is 0.379 e. The van der Waals surface area contributed by atoms with Crippen molar-refractivity contribution in [3.05, 3.63) is 0 Å². The van der Waals surface area contributed by atoms with E-state index in [1.807, 2.05) is 0 Å². The first-order valence-corrected chi connectivity index (χ1v) is 7.48. The number of hydrogen-bond acceptors (Lipinski definition) is 4. The summed E-state index contributed by atoms with van der Waals surface area (Å²) in [6.07, 6.45) is 6.09. The molecule has 18 heavy (non-hydrogen) atoms. The molecule has 0 saturated carbocycles. The Bertz CT molecular complexity index is 219. The summed E-state index contributed by atoms with van der Waals surface area (Å²) in [4.78, 5) is 2.55. The van der Waals surface area contributed by atoms with Gasteiger partial charge in [-0.05, 0) is 19.8 Å². The van der Waals surface area contributed by atoms with Crippen molar-refractivity contribution in [3.8, 4) is 0 Å². The highest BCUT2D eigenvalue weighted by atomic mass is 16.5. The molecular weight excluding hydrogens is 226 g/mol. The molecule has 0 bridgehead atoms. The monoisotopic (exact) mass is 257 g/mol. The number of nitrogens with zero attached hydrogens (tertiary/aromatic N) is 1. The minimum Gasteiger partial charge on any atom is -0.379 e. The van der Waals surface area contributed by atoms with Gasteiger partial charge in [-0.15, -0.1) is 0 Å². The Hall–Kier alpha value is -0.160. The van der Waals surface area contributed by atoms with Crippen molar-refractivity contribution in [3.63, 3.8) is 0 Å². The maximum atomic E-state index is 5.82. The number of nitrogens with one attached hydrogen (secondary N) is 1. The van der Waals surface area contributed by atoms with Crippen LogP contribution in [0.1, 0.15) is 52.9 Å². The zero-order valence-corrected chi connectivity index (χ0v) is 12.4. The predicted molar refractivity (Wildman–Crippen MR) is 76.3 cm³/mol. The number of rotatable bonds is 8. The van der Waals surface area contributed by atoms with Crippen LogP contribution in [0.15, 0.2) is 0 Å². The van der Waals surface area contributed by atoms with E-state index in [0.29, 0.717) is 6.04 Å². The predicted octanol–water partition coefficient (Wildman–Crippen LogP) is 1.90. The molecule has 0 spiro atoms. The SMILES string of the molecule is CCCCCC(NN)C(C)(CC)N1CCOCC1. The van der Waals surface area contributed by atoms with Crippen molar-refractivity contribution in [1.82, 2.24) is 10.3 Å². The average molecular weight is 257 g/mol. The van der Waals surface area contributed by atoms with Gasteiger partial charge in [0.2, 0.25) is 0 Å². The number of hydrogen-bond donors (Lipinski definition) is 2. The normalized spacial score (nSPS) is 22.7. The van der Waals surface area contributed by atoms with Gasteiger partial charge in [0.1, 0.15) is 0 Å². The Kier molecular flexibility index (Phi) is 7.15. The number of hydrazine groups is 1.